The molecule has 2 aromatic carbocycles. The molecule has 3 rings (SSSR count). The Bertz CT molecular complexity index is 909. The van der Waals surface area contributed by atoms with E-state index >= 15 is 0 Å². The molecule has 138 valence electrons. The van der Waals surface area contributed by atoms with Crippen LogP contribution in [0.4, 0.5) is 5.69 Å². The second-order valence-electron chi connectivity index (χ2n) is 6.95. The van der Waals surface area contributed by atoms with Gasteiger partial charge in [-0.2, -0.15) is 0 Å². The van der Waals surface area contributed by atoms with Crippen molar-refractivity contribution >= 4 is 21.6 Å². The number of amides is 1. The summed E-state index contributed by atoms with van der Waals surface area (Å²) in [5.74, 6) is 0.367. The molecule has 26 heavy (non-hydrogen) atoms. The Balaban J connectivity index is 1.84. The van der Waals surface area contributed by atoms with Crippen LogP contribution in [0.3, 0.4) is 0 Å². The first kappa shape index (κ1) is 18.5. The third-order valence-corrected chi connectivity index (χ3v) is 6.09. The highest BCUT2D eigenvalue weighted by molar-refractivity contribution is 7.92. The van der Waals surface area contributed by atoms with Crippen LogP contribution < -0.4 is 4.72 Å². The Morgan fingerprint density at radius 1 is 1.15 bits per heavy atom. The number of hydrogen-bond acceptors (Lipinski definition) is 3. The Hall–Kier alpha value is -2.34. The van der Waals surface area contributed by atoms with Gasteiger partial charge in [-0.3, -0.25) is 9.52 Å². The van der Waals surface area contributed by atoms with Gasteiger partial charge in [0.05, 0.1) is 10.6 Å². The molecule has 1 saturated heterocycles. The molecule has 0 bridgehead atoms. The molecule has 0 radical (unpaired) electrons. The number of anilines is 1. The van der Waals surface area contributed by atoms with E-state index < -0.39 is 10.0 Å². The van der Waals surface area contributed by atoms with Gasteiger partial charge >= 0.3 is 0 Å². The highest BCUT2D eigenvalue weighted by atomic mass is 32.2. The second-order valence-corrected chi connectivity index (χ2v) is 8.63. The van der Waals surface area contributed by atoms with Gasteiger partial charge in [0.25, 0.3) is 15.9 Å². The molecule has 1 heterocycles. The van der Waals surface area contributed by atoms with Crippen LogP contribution in [-0.4, -0.2) is 32.3 Å². The normalized spacial score (nSPS) is 17.8. The number of carbonyl (C=O) groups is 1. The maximum atomic E-state index is 12.7. The van der Waals surface area contributed by atoms with Crippen LogP contribution in [0.2, 0.25) is 0 Å². The molecule has 5 nitrogen and oxygen atoms in total. The van der Waals surface area contributed by atoms with Crippen molar-refractivity contribution in [1.29, 1.82) is 0 Å². The fraction of sp³-hybridized carbons (Fsp3) is 0.350. The van der Waals surface area contributed by atoms with E-state index in [9.17, 15) is 13.2 Å². The first-order chi connectivity index (χ1) is 12.4. The third-order valence-electron chi connectivity index (χ3n) is 4.72. The van der Waals surface area contributed by atoms with Crippen molar-refractivity contribution in [3.05, 3.63) is 59.7 Å². The standard InChI is InChI=1S/C20H24N2O3S/c1-15-7-6-12-22(14-15)20(23)17-9-5-10-18(13-17)26(24,25)21-19-11-4-3-8-16(19)2/h3-5,8-11,13,15,21H,6-7,12,14H2,1-2H3. The molecule has 1 unspecified atom stereocenters. The molecule has 0 saturated carbocycles. The average Bonchev–Trinajstić information content (AvgIpc) is 2.63. The summed E-state index contributed by atoms with van der Waals surface area (Å²) in [6.45, 7) is 5.42. The summed E-state index contributed by atoms with van der Waals surface area (Å²) in [5, 5.41) is 0. The quantitative estimate of drug-likeness (QED) is 0.890. The van der Waals surface area contributed by atoms with Gasteiger partial charge in [0.1, 0.15) is 0 Å². The van der Waals surface area contributed by atoms with E-state index in [2.05, 4.69) is 11.6 Å². The first-order valence-corrected chi connectivity index (χ1v) is 10.3. The average molecular weight is 372 g/mol. The van der Waals surface area contributed by atoms with Crippen molar-refractivity contribution in [3.8, 4) is 0 Å². The molecule has 0 aliphatic carbocycles. The SMILES string of the molecule is Cc1ccccc1NS(=O)(=O)c1cccc(C(=O)N2CCCC(C)C2)c1. The first-order valence-electron chi connectivity index (χ1n) is 8.84. The second kappa shape index (κ2) is 7.50. The molecule has 1 aliphatic rings. The van der Waals surface area contributed by atoms with Crippen molar-refractivity contribution < 1.29 is 13.2 Å². The highest BCUT2D eigenvalue weighted by Crippen LogP contribution is 2.22. The number of para-hydroxylation sites is 1. The van der Waals surface area contributed by atoms with Crippen molar-refractivity contribution in [2.24, 2.45) is 5.92 Å². The molecule has 1 fully saturated rings. The lowest BCUT2D eigenvalue weighted by atomic mass is 9.99. The van der Waals surface area contributed by atoms with Crippen LogP contribution in [0, 0.1) is 12.8 Å². The fourth-order valence-electron chi connectivity index (χ4n) is 3.24. The maximum Gasteiger partial charge on any atom is 0.261 e. The summed E-state index contributed by atoms with van der Waals surface area (Å²) in [6, 6.07) is 13.5. The molecule has 2 aromatic rings. The summed E-state index contributed by atoms with van der Waals surface area (Å²) in [5.41, 5.74) is 1.78. The lowest BCUT2D eigenvalue weighted by Crippen LogP contribution is -2.39. The molecule has 1 aliphatic heterocycles. The van der Waals surface area contributed by atoms with Crippen LogP contribution in [0.25, 0.3) is 0 Å². The largest absolute Gasteiger partial charge is 0.338 e. The van der Waals surface area contributed by atoms with Crippen molar-refractivity contribution in [2.75, 3.05) is 17.8 Å². The predicted molar refractivity (Wildman–Crippen MR) is 103 cm³/mol. The Labute approximate surface area is 155 Å². The number of carbonyl (C=O) groups excluding carboxylic acids is 1. The van der Waals surface area contributed by atoms with Gasteiger partial charge in [0.15, 0.2) is 0 Å². The molecule has 1 amide bonds. The molecule has 6 heteroatoms. The number of nitrogens with zero attached hydrogens (tertiary/aromatic N) is 1. The van der Waals surface area contributed by atoms with Crippen molar-refractivity contribution in [1.82, 2.24) is 4.90 Å². The molecule has 1 atom stereocenters. The zero-order chi connectivity index (χ0) is 18.7. The number of hydrogen-bond donors (Lipinski definition) is 1. The van der Waals surface area contributed by atoms with E-state index in [0.717, 1.165) is 31.5 Å². The number of piperidine rings is 1. The smallest absolute Gasteiger partial charge is 0.261 e. The lowest BCUT2D eigenvalue weighted by Gasteiger charge is -2.31. The topological polar surface area (TPSA) is 66.5 Å². The summed E-state index contributed by atoms with van der Waals surface area (Å²) < 4.78 is 28.0. The van der Waals surface area contributed by atoms with Gasteiger partial charge in [0.2, 0.25) is 0 Å². The highest BCUT2D eigenvalue weighted by Gasteiger charge is 2.23. The third kappa shape index (κ3) is 4.07. The minimum absolute atomic E-state index is 0.0941. The summed E-state index contributed by atoms with van der Waals surface area (Å²) >= 11 is 0. The van der Waals surface area contributed by atoms with E-state index in [0.29, 0.717) is 17.2 Å². The predicted octanol–water partition coefficient (Wildman–Crippen LogP) is 3.67. The van der Waals surface area contributed by atoms with Gasteiger partial charge in [0, 0.05) is 18.7 Å². The monoisotopic (exact) mass is 372 g/mol. The molecular weight excluding hydrogens is 348 g/mol. The van der Waals surface area contributed by atoms with Crippen LogP contribution >= 0.6 is 0 Å². The van der Waals surface area contributed by atoms with Gasteiger partial charge in [-0.25, -0.2) is 8.42 Å². The van der Waals surface area contributed by atoms with Crippen LogP contribution in [0.5, 0.6) is 0 Å². The van der Waals surface area contributed by atoms with E-state index in [1.165, 1.54) is 12.1 Å². The summed E-state index contributed by atoms with van der Waals surface area (Å²) in [6.07, 6.45) is 2.11. The zero-order valence-electron chi connectivity index (χ0n) is 15.1. The van der Waals surface area contributed by atoms with Crippen molar-refractivity contribution in [2.45, 2.75) is 31.6 Å². The van der Waals surface area contributed by atoms with Gasteiger partial charge in [-0.1, -0.05) is 31.2 Å². The van der Waals surface area contributed by atoms with Crippen molar-refractivity contribution in [3.63, 3.8) is 0 Å². The van der Waals surface area contributed by atoms with E-state index in [4.69, 9.17) is 0 Å². The zero-order valence-corrected chi connectivity index (χ0v) is 15.9. The number of nitrogens with one attached hydrogen (secondary N) is 1. The molecule has 0 spiro atoms. The summed E-state index contributed by atoms with van der Waals surface area (Å²) in [4.78, 5) is 14.7. The van der Waals surface area contributed by atoms with E-state index in [-0.39, 0.29) is 10.8 Å². The summed E-state index contributed by atoms with van der Waals surface area (Å²) in [7, 11) is -3.75. The lowest BCUT2D eigenvalue weighted by molar-refractivity contribution is 0.0683. The van der Waals surface area contributed by atoms with Crippen LogP contribution in [-0.2, 0) is 10.0 Å². The van der Waals surface area contributed by atoms with E-state index in [1.807, 2.05) is 24.0 Å². The molecular formula is C20H24N2O3S. The number of rotatable bonds is 4. The number of benzene rings is 2. The van der Waals surface area contributed by atoms with Crippen LogP contribution in [0.1, 0.15) is 35.7 Å². The Kier molecular flexibility index (Phi) is 5.32. The minimum atomic E-state index is -3.75. The Morgan fingerprint density at radius 3 is 2.65 bits per heavy atom. The van der Waals surface area contributed by atoms with Crippen LogP contribution in [0.15, 0.2) is 53.4 Å². The number of sulfonamides is 1. The number of likely N-dealkylation sites (tertiary alicyclic amines) is 1. The molecule has 1 N–H and O–H groups in total. The van der Waals surface area contributed by atoms with Gasteiger partial charge in [-0.15, -0.1) is 0 Å². The fourth-order valence-corrected chi connectivity index (χ4v) is 4.42. The van der Waals surface area contributed by atoms with Gasteiger partial charge in [-0.05, 0) is 55.5 Å². The van der Waals surface area contributed by atoms with E-state index in [1.54, 1.807) is 24.3 Å². The minimum Gasteiger partial charge on any atom is -0.338 e. The maximum absolute atomic E-state index is 12.7. The van der Waals surface area contributed by atoms with Gasteiger partial charge < -0.3 is 4.90 Å². The Morgan fingerprint density at radius 2 is 1.92 bits per heavy atom. The number of aryl methyl sites for hydroxylation is 1. The molecule has 0 aromatic heterocycles.